The third-order valence-corrected chi connectivity index (χ3v) is 4.25. The van der Waals surface area contributed by atoms with Gasteiger partial charge in [0.05, 0.1) is 0 Å². The molecule has 1 aromatic heterocycles. The Hall–Kier alpha value is -0.910. The predicted octanol–water partition coefficient (Wildman–Crippen LogP) is 3.03. The topological polar surface area (TPSA) is 37.8 Å². The fourth-order valence-corrected chi connectivity index (χ4v) is 3.27. The lowest BCUT2D eigenvalue weighted by Crippen LogP contribution is -2.06. The summed E-state index contributed by atoms with van der Waals surface area (Å²) >= 11 is 3.15. The Morgan fingerprint density at radius 3 is 2.82 bits per heavy atom. The van der Waals surface area contributed by atoms with Gasteiger partial charge in [0.15, 0.2) is 4.34 Å². The molecule has 1 heterocycles. The van der Waals surface area contributed by atoms with Crippen molar-refractivity contribution in [3.05, 3.63) is 35.2 Å². The maximum atomic E-state index is 4.38. The first kappa shape index (κ1) is 12.5. The number of hydrogen-bond donors (Lipinski definition) is 1. The molecular weight excluding hydrogens is 250 g/mol. The lowest BCUT2D eigenvalue weighted by atomic mass is 10.1. The molecule has 0 atom stereocenters. The summed E-state index contributed by atoms with van der Waals surface area (Å²) in [4.78, 5) is 5.63. The van der Waals surface area contributed by atoms with Gasteiger partial charge in [-0.05, 0) is 44.1 Å². The first-order chi connectivity index (χ1) is 8.19. The van der Waals surface area contributed by atoms with Gasteiger partial charge in [0, 0.05) is 11.4 Å². The van der Waals surface area contributed by atoms with E-state index < -0.39 is 0 Å². The third-order valence-electron chi connectivity index (χ3n) is 2.29. The molecule has 0 saturated carbocycles. The van der Waals surface area contributed by atoms with Crippen molar-refractivity contribution >= 4 is 23.3 Å². The molecule has 0 aliphatic heterocycles. The molecule has 0 spiro atoms. The zero-order valence-corrected chi connectivity index (χ0v) is 11.8. The molecule has 1 aromatic carbocycles. The molecule has 90 valence electrons. The second-order valence-corrected chi connectivity index (χ2v) is 5.89. The number of nitrogens with zero attached hydrogens (tertiary/aromatic N) is 2. The molecule has 0 bridgehead atoms. The minimum absolute atomic E-state index is 0.847. The second kappa shape index (κ2) is 5.62. The van der Waals surface area contributed by atoms with Crippen molar-refractivity contribution in [3.63, 3.8) is 0 Å². The highest BCUT2D eigenvalue weighted by Gasteiger charge is 2.07. The van der Waals surface area contributed by atoms with Gasteiger partial charge >= 0.3 is 0 Å². The van der Waals surface area contributed by atoms with Crippen LogP contribution in [-0.2, 0) is 6.54 Å². The molecule has 1 N–H and O–H groups in total. The molecule has 17 heavy (non-hydrogen) atoms. The first-order valence-electron chi connectivity index (χ1n) is 5.41. The van der Waals surface area contributed by atoms with Gasteiger partial charge in [0.25, 0.3) is 0 Å². The molecule has 0 amide bonds. The van der Waals surface area contributed by atoms with Gasteiger partial charge in [0.2, 0.25) is 0 Å². The van der Waals surface area contributed by atoms with Crippen LogP contribution in [0.15, 0.2) is 27.4 Å². The van der Waals surface area contributed by atoms with Crippen LogP contribution in [0.5, 0.6) is 0 Å². The van der Waals surface area contributed by atoms with Crippen molar-refractivity contribution in [1.29, 1.82) is 0 Å². The van der Waals surface area contributed by atoms with E-state index in [2.05, 4.69) is 39.8 Å². The van der Waals surface area contributed by atoms with Crippen LogP contribution >= 0.6 is 23.3 Å². The van der Waals surface area contributed by atoms with E-state index in [-0.39, 0.29) is 0 Å². The number of aromatic nitrogens is 2. The minimum atomic E-state index is 0.847. The fraction of sp³-hybridized carbons (Fsp3) is 0.333. The number of aryl methyl sites for hydroxylation is 2. The smallest absolute Gasteiger partial charge is 0.174 e. The zero-order valence-electron chi connectivity index (χ0n) is 10.2. The van der Waals surface area contributed by atoms with Gasteiger partial charge in [-0.25, -0.2) is 4.98 Å². The summed E-state index contributed by atoms with van der Waals surface area (Å²) < 4.78 is 5.20. The summed E-state index contributed by atoms with van der Waals surface area (Å²) in [6, 6.07) is 6.51. The second-order valence-electron chi connectivity index (χ2n) is 3.85. The number of benzene rings is 1. The van der Waals surface area contributed by atoms with Crippen molar-refractivity contribution < 1.29 is 0 Å². The highest BCUT2D eigenvalue weighted by atomic mass is 32.2. The van der Waals surface area contributed by atoms with E-state index in [9.17, 15) is 0 Å². The number of nitrogens with one attached hydrogen (secondary N) is 1. The zero-order chi connectivity index (χ0) is 12.3. The van der Waals surface area contributed by atoms with E-state index >= 15 is 0 Å². The van der Waals surface area contributed by atoms with E-state index in [4.69, 9.17) is 0 Å². The molecule has 0 fully saturated rings. The summed E-state index contributed by atoms with van der Waals surface area (Å²) in [6.07, 6.45) is 0. The van der Waals surface area contributed by atoms with Crippen molar-refractivity contribution in [2.45, 2.75) is 29.6 Å². The van der Waals surface area contributed by atoms with Crippen LogP contribution in [0.4, 0.5) is 0 Å². The van der Waals surface area contributed by atoms with Gasteiger partial charge in [-0.2, -0.15) is 4.37 Å². The van der Waals surface area contributed by atoms with Gasteiger partial charge in [-0.15, -0.1) is 0 Å². The van der Waals surface area contributed by atoms with Crippen LogP contribution in [0.2, 0.25) is 0 Å². The third kappa shape index (κ3) is 3.28. The Morgan fingerprint density at radius 1 is 1.35 bits per heavy atom. The van der Waals surface area contributed by atoms with Crippen molar-refractivity contribution in [3.8, 4) is 0 Å². The quantitative estimate of drug-likeness (QED) is 0.922. The molecule has 0 aliphatic carbocycles. The molecule has 0 unspecified atom stereocenters. The van der Waals surface area contributed by atoms with Crippen molar-refractivity contribution in [1.82, 2.24) is 14.7 Å². The maximum Gasteiger partial charge on any atom is 0.174 e. The Morgan fingerprint density at radius 2 is 2.18 bits per heavy atom. The van der Waals surface area contributed by atoms with E-state index in [1.54, 1.807) is 11.8 Å². The SMILES string of the molecule is CNCc1cc(C)ccc1Sc1nc(C)ns1. The first-order valence-corrected chi connectivity index (χ1v) is 7.00. The van der Waals surface area contributed by atoms with Crippen LogP contribution in [0.25, 0.3) is 0 Å². The largest absolute Gasteiger partial charge is 0.316 e. The summed E-state index contributed by atoms with van der Waals surface area (Å²) in [7, 11) is 1.96. The van der Waals surface area contributed by atoms with Gasteiger partial charge in [-0.1, -0.05) is 29.5 Å². The van der Waals surface area contributed by atoms with Crippen LogP contribution in [0, 0.1) is 13.8 Å². The van der Waals surface area contributed by atoms with Crippen molar-refractivity contribution in [2.75, 3.05) is 7.05 Å². The van der Waals surface area contributed by atoms with E-state index in [0.29, 0.717) is 0 Å². The molecule has 0 aliphatic rings. The monoisotopic (exact) mass is 265 g/mol. The van der Waals surface area contributed by atoms with Crippen LogP contribution < -0.4 is 5.32 Å². The Bertz CT molecular complexity index is 508. The van der Waals surface area contributed by atoms with Gasteiger partial charge < -0.3 is 5.32 Å². The number of hydrogen-bond acceptors (Lipinski definition) is 5. The average Bonchev–Trinajstić information content (AvgIpc) is 2.69. The van der Waals surface area contributed by atoms with Gasteiger partial charge in [0.1, 0.15) is 5.82 Å². The Balaban J connectivity index is 2.25. The summed E-state index contributed by atoms with van der Waals surface area (Å²) in [5.74, 6) is 0.847. The van der Waals surface area contributed by atoms with E-state index in [1.807, 2.05) is 14.0 Å². The highest BCUT2D eigenvalue weighted by molar-refractivity contribution is 8.01. The molecule has 0 saturated heterocycles. The summed E-state index contributed by atoms with van der Waals surface area (Å²) in [5, 5.41) is 3.20. The van der Waals surface area contributed by atoms with Crippen LogP contribution in [0.1, 0.15) is 17.0 Å². The highest BCUT2D eigenvalue weighted by Crippen LogP contribution is 2.32. The molecule has 3 nitrogen and oxygen atoms in total. The Kier molecular flexibility index (Phi) is 4.15. The lowest BCUT2D eigenvalue weighted by molar-refractivity contribution is 0.802. The van der Waals surface area contributed by atoms with E-state index in [1.165, 1.54) is 27.6 Å². The molecular formula is C12H15N3S2. The number of rotatable bonds is 4. The normalized spacial score (nSPS) is 10.8. The lowest BCUT2D eigenvalue weighted by Gasteiger charge is -2.08. The van der Waals surface area contributed by atoms with Crippen LogP contribution in [-0.4, -0.2) is 16.4 Å². The minimum Gasteiger partial charge on any atom is -0.316 e. The summed E-state index contributed by atoms with van der Waals surface area (Å²) in [5.41, 5.74) is 2.60. The molecule has 5 heteroatoms. The van der Waals surface area contributed by atoms with E-state index in [0.717, 1.165) is 16.7 Å². The molecule has 2 aromatic rings. The fourth-order valence-electron chi connectivity index (χ4n) is 1.55. The van der Waals surface area contributed by atoms with Crippen LogP contribution in [0.3, 0.4) is 0 Å². The maximum absolute atomic E-state index is 4.38. The Labute approximate surface area is 110 Å². The summed E-state index contributed by atoms with van der Waals surface area (Å²) in [6.45, 7) is 4.91. The predicted molar refractivity (Wildman–Crippen MR) is 72.7 cm³/mol. The standard InChI is InChI=1S/C12H15N3S2/c1-8-4-5-11(10(6-8)7-13-3)16-12-14-9(2)15-17-12/h4-6,13H,7H2,1-3H3. The average molecular weight is 265 g/mol. The van der Waals surface area contributed by atoms with Gasteiger partial charge in [-0.3, -0.25) is 0 Å². The molecule has 2 rings (SSSR count). The molecule has 0 radical (unpaired) electrons. The van der Waals surface area contributed by atoms with Crippen molar-refractivity contribution in [2.24, 2.45) is 0 Å².